The molecule has 0 aromatic heterocycles. The van der Waals surface area contributed by atoms with Crippen LogP contribution >= 0.6 is 0 Å². The van der Waals surface area contributed by atoms with E-state index in [1.165, 1.54) is 12.0 Å². The van der Waals surface area contributed by atoms with Gasteiger partial charge in [0.15, 0.2) is 0 Å². The number of rotatable bonds is 0. The minimum atomic E-state index is 0.806. The minimum Gasteiger partial charge on any atom is -0.0992 e. The minimum absolute atomic E-state index is 0.806. The van der Waals surface area contributed by atoms with Gasteiger partial charge in [0.1, 0.15) is 0 Å². The van der Waals surface area contributed by atoms with E-state index in [4.69, 9.17) is 0 Å². The number of allylic oxidation sites excluding steroid dienone is 3. The van der Waals surface area contributed by atoms with E-state index < -0.39 is 0 Å². The molecule has 0 nitrogen and oxygen atoms in total. The van der Waals surface area contributed by atoms with Crippen molar-refractivity contribution in [3.05, 3.63) is 24.3 Å². The SMILES string of the molecule is C=C1CC2C=CC12. The van der Waals surface area contributed by atoms with Crippen LogP contribution in [0.25, 0.3) is 0 Å². The van der Waals surface area contributed by atoms with Gasteiger partial charge in [0, 0.05) is 5.92 Å². The fourth-order valence-electron chi connectivity index (χ4n) is 1.29. The van der Waals surface area contributed by atoms with Crippen molar-refractivity contribution >= 4 is 0 Å². The van der Waals surface area contributed by atoms with Gasteiger partial charge in [-0.3, -0.25) is 0 Å². The van der Waals surface area contributed by atoms with Crippen molar-refractivity contribution in [2.24, 2.45) is 11.8 Å². The van der Waals surface area contributed by atoms with E-state index in [2.05, 4.69) is 18.7 Å². The van der Waals surface area contributed by atoms with Crippen molar-refractivity contribution < 1.29 is 0 Å². The van der Waals surface area contributed by atoms with E-state index in [9.17, 15) is 0 Å². The smallest absolute Gasteiger partial charge is 0.00403 e. The Hall–Kier alpha value is -0.520. The first-order chi connectivity index (χ1) is 3.38. The molecular weight excluding hydrogens is 84.1 g/mol. The molecule has 2 aliphatic carbocycles. The van der Waals surface area contributed by atoms with Gasteiger partial charge in [0.05, 0.1) is 0 Å². The monoisotopic (exact) mass is 92.1 g/mol. The lowest BCUT2D eigenvalue weighted by Crippen LogP contribution is -2.31. The van der Waals surface area contributed by atoms with Crippen LogP contribution < -0.4 is 0 Å². The zero-order valence-corrected chi connectivity index (χ0v) is 4.22. The van der Waals surface area contributed by atoms with Gasteiger partial charge >= 0.3 is 0 Å². The third-order valence-electron chi connectivity index (χ3n) is 2.00. The summed E-state index contributed by atoms with van der Waals surface area (Å²) in [5.74, 6) is 1.72. The second kappa shape index (κ2) is 0.835. The maximum absolute atomic E-state index is 3.89. The van der Waals surface area contributed by atoms with Crippen LogP contribution in [-0.2, 0) is 0 Å². The van der Waals surface area contributed by atoms with Crippen LogP contribution in [0.1, 0.15) is 6.42 Å². The average molecular weight is 92.1 g/mol. The predicted molar refractivity (Wildman–Crippen MR) is 29.9 cm³/mol. The van der Waals surface area contributed by atoms with Gasteiger partial charge in [0.2, 0.25) is 0 Å². The third-order valence-corrected chi connectivity index (χ3v) is 2.00. The molecule has 0 aromatic rings. The normalized spacial score (nSPS) is 44.3. The molecule has 0 saturated heterocycles. The van der Waals surface area contributed by atoms with Crippen molar-refractivity contribution in [2.75, 3.05) is 0 Å². The Morgan fingerprint density at radius 1 is 1.57 bits per heavy atom. The lowest BCUT2D eigenvalue weighted by atomic mass is 9.63. The molecule has 0 spiro atoms. The van der Waals surface area contributed by atoms with E-state index in [-0.39, 0.29) is 0 Å². The molecule has 2 unspecified atom stereocenters. The number of hydrogen-bond donors (Lipinski definition) is 0. The van der Waals surface area contributed by atoms with E-state index >= 15 is 0 Å². The zero-order chi connectivity index (χ0) is 4.85. The van der Waals surface area contributed by atoms with Gasteiger partial charge in [-0.25, -0.2) is 0 Å². The molecule has 0 aromatic carbocycles. The van der Waals surface area contributed by atoms with Crippen LogP contribution in [0.4, 0.5) is 0 Å². The molecule has 0 radical (unpaired) electrons. The fourth-order valence-corrected chi connectivity index (χ4v) is 1.29. The highest BCUT2D eigenvalue weighted by atomic mass is 14.4. The summed E-state index contributed by atoms with van der Waals surface area (Å²) < 4.78 is 0. The molecule has 0 heteroatoms. The second-order valence-corrected chi connectivity index (χ2v) is 2.44. The Labute approximate surface area is 43.5 Å². The highest BCUT2D eigenvalue weighted by Crippen LogP contribution is 2.46. The number of fused-ring (bicyclic) bond motifs is 1. The zero-order valence-electron chi connectivity index (χ0n) is 4.22. The van der Waals surface area contributed by atoms with Gasteiger partial charge in [-0.1, -0.05) is 24.3 Å². The molecule has 0 heterocycles. The van der Waals surface area contributed by atoms with Crippen molar-refractivity contribution in [2.45, 2.75) is 6.42 Å². The molecule has 36 valence electrons. The first-order valence-corrected chi connectivity index (χ1v) is 2.74. The second-order valence-electron chi connectivity index (χ2n) is 2.44. The third kappa shape index (κ3) is 0.244. The Balaban J connectivity index is 2.29. The van der Waals surface area contributed by atoms with Gasteiger partial charge in [-0.15, -0.1) is 0 Å². The Bertz CT molecular complexity index is 142. The number of hydrogen-bond acceptors (Lipinski definition) is 0. The van der Waals surface area contributed by atoms with Crippen molar-refractivity contribution in [1.29, 1.82) is 0 Å². The van der Waals surface area contributed by atoms with E-state index in [0.29, 0.717) is 0 Å². The summed E-state index contributed by atoms with van der Waals surface area (Å²) >= 11 is 0. The fraction of sp³-hybridized carbons (Fsp3) is 0.429. The summed E-state index contributed by atoms with van der Waals surface area (Å²) in [6.45, 7) is 3.89. The standard InChI is InChI=1S/C7H8/c1-5-4-6-2-3-7(5)6/h2-3,6-7H,1,4H2. The van der Waals surface area contributed by atoms with E-state index in [0.717, 1.165) is 11.8 Å². The topological polar surface area (TPSA) is 0 Å². The van der Waals surface area contributed by atoms with Crippen LogP contribution in [0.15, 0.2) is 24.3 Å². The summed E-state index contributed by atoms with van der Waals surface area (Å²) in [5, 5.41) is 0. The van der Waals surface area contributed by atoms with Crippen LogP contribution in [0.5, 0.6) is 0 Å². The highest BCUT2D eigenvalue weighted by Gasteiger charge is 2.35. The molecular formula is C7H8. The Morgan fingerprint density at radius 2 is 2.43 bits per heavy atom. The van der Waals surface area contributed by atoms with E-state index in [1.807, 2.05) is 0 Å². The van der Waals surface area contributed by atoms with Crippen molar-refractivity contribution in [3.8, 4) is 0 Å². The van der Waals surface area contributed by atoms with E-state index in [1.54, 1.807) is 0 Å². The summed E-state index contributed by atoms with van der Waals surface area (Å²) in [6, 6.07) is 0. The molecule has 1 saturated carbocycles. The van der Waals surface area contributed by atoms with Gasteiger partial charge in [-0.2, -0.15) is 0 Å². The van der Waals surface area contributed by atoms with Gasteiger partial charge < -0.3 is 0 Å². The summed E-state index contributed by atoms with van der Waals surface area (Å²) in [5.41, 5.74) is 1.44. The van der Waals surface area contributed by atoms with Crippen molar-refractivity contribution in [3.63, 3.8) is 0 Å². The molecule has 1 fully saturated rings. The molecule has 2 atom stereocenters. The molecule has 7 heavy (non-hydrogen) atoms. The molecule has 2 rings (SSSR count). The molecule has 0 bridgehead atoms. The Morgan fingerprint density at radius 3 is 2.43 bits per heavy atom. The van der Waals surface area contributed by atoms with Crippen molar-refractivity contribution in [1.82, 2.24) is 0 Å². The summed E-state index contributed by atoms with van der Waals surface area (Å²) in [7, 11) is 0. The molecule has 2 aliphatic rings. The quantitative estimate of drug-likeness (QED) is 0.399. The first kappa shape index (κ1) is 3.48. The molecule has 0 amide bonds. The summed E-state index contributed by atoms with van der Waals surface area (Å²) in [6.07, 6.45) is 5.79. The lowest BCUT2D eigenvalue weighted by molar-refractivity contribution is 0.363. The Kier molecular flexibility index (Phi) is 0.415. The maximum atomic E-state index is 3.89. The predicted octanol–water partition coefficient (Wildman–Crippen LogP) is 1.75. The lowest BCUT2D eigenvalue weighted by Gasteiger charge is -2.41. The largest absolute Gasteiger partial charge is 0.0992 e. The maximum Gasteiger partial charge on any atom is 0.00403 e. The first-order valence-electron chi connectivity index (χ1n) is 2.74. The van der Waals surface area contributed by atoms with Crippen LogP contribution in [-0.4, -0.2) is 0 Å². The van der Waals surface area contributed by atoms with Gasteiger partial charge in [0.25, 0.3) is 0 Å². The summed E-state index contributed by atoms with van der Waals surface area (Å²) in [4.78, 5) is 0. The highest BCUT2D eigenvalue weighted by molar-refractivity contribution is 5.32. The molecule has 0 N–H and O–H groups in total. The van der Waals surface area contributed by atoms with Crippen LogP contribution in [0.3, 0.4) is 0 Å². The van der Waals surface area contributed by atoms with Crippen LogP contribution in [0.2, 0.25) is 0 Å². The van der Waals surface area contributed by atoms with Gasteiger partial charge in [-0.05, 0) is 12.3 Å². The van der Waals surface area contributed by atoms with Crippen LogP contribution in [0, 0.1) is 11.8 Å². The average Bonchev–Trinajstić information content (AvgIpc) is 1.59. The molecule has 0 aliphatic heterocycles.